The molecule has 0 saturated carbocycles. The molecule has 32 heavy (non-hydrogen) atoms. The summed E-state index contributed by atoms with van der Waals surface area (Å²) in [6.07, 6.45) is 8.36. The monoisotopic (exact) mass is 438 g/mol. The number of hydrogen-bond donors (Lipinski definition) is 1. The summed E-state index contributed by atoms with van der Waals surface area (Å²) in [5, 5.41) is 0. The SMILES string of the molecule is CCCCCCOc1ccc(N2C(=O)C[C@@H]([NH+]3CCN(c4ncccn4)CC3)C2=O)cc1. The molecule has 2 aliphatic rings. The number of piperazine rings is 1. The minimum atomic E-state index is -0.323. The first-order chi connectivity index (χ1) is 15.7. The molecule has 0 spiro atoms. The molecule has 2 fully saturated rings. The van der Waals surface area contributed by atoms with Gasteiger partial charge in [-0.2, -0.15) is 0 Å². The maximum absolute atomic E-state index is 13.1. The number of aromatic nitrogens is 2. The molecule has 0 bridgehead atoms. The maximum atomic E-state index is 13.1. The fraction of sp³-hybridized carbons (Fsp3) is 0.500. The van der Waals surface area contributed by atoms with Gasteiger partial charge < -0.3 is 14.5 Å². The predicted molar refractivity (Wildman–Crippen MR) is 122 cm³/mol. The molecule has 3 heterocycles. The van der Waals surface area contributed by atoms with Crippen molar-refractivity contribution in [3.8, 4) is 5.75 Å². The van der Waals surface area contributed by atoms with Crippen LogP contribution in [-0.2, 0) is 9.59 Å². The third kappa shape index (κ3) is 5.07. The van der Waals surface area contributed by atoms with Crippen LogP contribution in [0.5, 0.6) is 5.75 Å². The largest absolute Gasteiger partial charge is 0.494 e. The number of rotatable bonds is 9. The van der Waals surface area contributed by atoms with E-state index in [2.05, 4.69) is 21.8 Å². The second kappa shape index (κ2) is 10.5. The van der Waals surface area contributed by atoms with Crippen molar-refractivity contribution >= 4 is 23.5 Å². The summed E-state index contributed by atoms with van der Waals surface area (Å²) in [6.45, 7) is 5.96. The Kier molecular flexibility index (Phi) is 7.32. The van der Waals surface area contributed by atoms with Gasteiger partial charge in [-0.3, -0.25) is 9.59 Å². The lowest BCUT2D eigenvalue weighted by molar-refractivity contribution is -0.915. The van der Waals surface area contributed by atoms with E-state index in [0.717, 1.165) is 49.2 Å². The molecule has 0 unspecified atom stereocenters. The Balaban J connectivity index is 1.32. The first-order valence-corrected chi connectivity index (χ1v) is 11.6. The molecule has 0 radical (unpaired) electrons. The fourth-order valence-corrected chi connectivity index (χ4v) is 4.43. The predicted octanol–water partition coefficient (Wildman–Crippen LogP) is 1.47. The summed E-state index contributed by atoms with van der Waals surface area (Å²) in [4.78, 5) is 39.1. The van der Waals surface area contributed by atoms with Gasteiger partial charge in [0.25, 0.3) is 5.91 Å². The number of hydrogen-bond acceptors (Lipinski definition) is 6. The van der Waals surface area contributed by atoms with E-state index in [1.807, 2.05) is 12.1 Å². The normalized spacial score (nSPS) is 19.6. The van der Waals surface area contributed by atoms with Crippen molar-refractivity contribution in [1.29, 1.82) is 0 Å². The molecule has 2 amide bonds. The van der Waals surface area contributed by atoms with Gasteiger partial charge in [-0.25, -0.2) is 14.9 Å². The van der Waals surface area contributed by atoms with Crippen LogP contribution in [0.1, 0.15) is 39.0 Å². The van der Waals surface area contributed by atoms with Crippen molar-refractivity contribution in [2.45, 2.75) is 45.1 Å². The molecule has 2 aromatic rings. The van der Waals surface area contributed by atoms with E-state index in [4.69, 9.17) is 4.74 Å². The summed E-state index contributed by atoms with van der Waals surface area (Å²) < 4.78 is 5.78. The summed E-state index contributed by atoms with van der Waals surface area (Å²) in [5.74, 6) is 1.25. The second-order valence-corrected chi connectivity index (χ2v) is 8.42. The van der Waals surface area contributed by atoms with Crippen molar-refractivity contribution in [3.63, 3.8) is 0 Å². The Bertz CT molecular complexity index is 898. The molecule has 1 aromatic carbocycles. The minimum Gasteiger partial charge on any atom is -0.494 e. The van der Waals surface area contributed by atoms with Crippen molar-refractivity contribution in [1.82, 2.24) is 9.97 Å². The molecule has 0 aliphatic carbocycles. The van der Waals surface area contributed by atoms with Gasteiger partial charge in [-0.05, 0) is 36.8 Å². The Labute approximate surface area is 189 Å². The standard InChI is InChI=1S/C24H31N5O3/c1-2-3-4-5-17-32-20-9-7-19(8-10-20)29-22(30)18-21(23(29)31)27-13-15-28(16-14-27)24-25-11-6-12-26-24/h6-12,21H,2-5,13-18H2,1H3/p+1/t21-/m1/s1. The average molecular weight is 439 g/mol. The molecular weight excluding hydrogens is 406 g/mol. The molecule has 170 valence electrons. The second-order valence-electron chi connectivity index (χ2n) is 8.42. The summed E-state index contributed by atoms with van der Waals surface area (Å²) in [7, 11) is 0. The lowest BCUT2D eigenvalue weighted by Gasteiger charge is -2.34. The first kappa shape index (κ1) is 22.2. The molecule has 8 nitrogen and oxygen atoms in total. The number of benzene rings is 1. The number of unbranched alkanes of at least 4 members (excludes halogenated alkanes) is 3. The number of carbonyl (C=O) groups excluding carboxylic acids is 2. The Morgan fingerprint density at radius 1 is 1.03 bits per heavy atom. The highest BCUT2D eigenvalue weighted by atomic mass is 16.5. The van der Waals surface area contributed by atoms with Gasteiger partial charge in [-0.1, -0.05) is 26.2 Å². The van der Waals surface area contributed by atoms with E-state index >= 15 is 0 Å². The highest BCUT2D eigenvalue weighted by molar-refractivity contribution is 6.21. The third-order valence-electron chi connectivity index (χ3n) is 6.24. The van der Waals surface area contributed by atoms with Crippen molar-refractivity contribution in [2.75, 3.05) is 42.6 Å². The summed E-state index contributed by atoms with van der Waals surface area (Å²) in [5.41, 5.74) is 0.622. The van der Waals surface area contributed by atoms with Crippen molar-refractivity contribution < 1.29 is 19.2 Å². The molecule has 4 rings (SSSR count). The Morgan fingerprint density at radius 2 is 1.75 bits per heavy atom. The van der Waals surface area contributed by atoms with Gasteiger partial charge in [0.1, 0.15) is 5.75 Å². The van der Waals surface area contributed by atoms with Crippen LogP contribution in [0.3, 0.4) is 0 Å². The van der Waals surface area contributed by atoms with Gasteiger partial charge in [0.2, 0.25) is 11.9 Å². The van der Waals surface area contributed by atoms with Gasteiger partial charge in [0.15, 0.2) is 6.04 Å². The highest BCUT2D eigenvalue weighted by Crippen LogP contribution is 2.25. The zero-order chi connectivity index (χ0) is 22.3. The highest BCUT2D eigenvalue weighted by Gasteiger charge is 2.46. The smallest absolute Gasteiger partial charge is 0.292 e. The molecule has 2 saturated heterocycles. The van der Waals surface area contributed by atoms with Crippen LogP contribution in [0, 0.1) is 0 Å². The number of nitrogens with one attached hydrogen (secondary N) is 1. The topological polar surface area (TPSA) is 80.1 Å². The van der Waals surface area contributed by atoms with Crippen LogP contribution in [0.4, 0.5) is 11.6 Å². The number of nitrogens with zero attached hydrogens (tertiary/aromatic N) is 4. The maximum Gasteiger partial charge on any atom is 0.292 e. The van der Waals surface area contributed by atoms with E-state index in [1.165, 1.54) is 24.2 Å². The first-order valence-electron chi connectivity index (χ1n) is 11.6. The van der Waals surface area contributed by atoms with Crippen LogP contribution in [-0.4, -0.2) is 60.6 Å². The van der Waals surface area contributed by atoms with E-state index in [-0.39, 0.29) is 24.3 Å². The quantitative estimate of drug-likeness (QED) is 0.472. The van der Waals surface area contributed by atoms with Crippen LogP contribution < -0.4 is 19.4 Å². The van der Waals surface area contributed by atoms with Gasteiger partial charge in [-0.15, -0.1) is 0 Å². The Morgan fingerprint density at radius 3 is 2.44 bits per heavy atom. The van der Waals surface area contributed by atoms with Crippen LogP contribution in [0.2, 0.25) is 0 Å². The average Bonchev–Trinajstić information content (AvgIpc) is 3.14. The number of amides is 2. The molecule has 1 atom stereocenters. The van der Waals surface area contributed by atoms with E-state index in [0.29, 0.717) is 12.3 Å². The summed E-state index contributed by atoms with van der Waals surface area (Å²) in [6, 6.07) is 8.77. The van der Waals surface area contributed by atoms with Gasteiger partial charge in [0.05, 0.1) is 44.9 Å². The lowest BCUT2D eigenvalue weighted by atomic mass is 10.2. The molecule has 2 aliphatic heterocycles. The van der Waals surface area contributed by atoms with Crippen molar-refractivity contribution in [3.05, 3.63) is 42.7 Å². The number of ether oxygens (including phenoxy) is 1. The zero-order valence-corrected chi connectivity index (χ0v) is 18.7. The Hall–Kier alpha value is -3.00. The number of imide groups is 1. The minimum absolute atomic E-state index is 0.109. The van der Waals surface area contributed by atoms with Crippen LogP contribution in [0.25, 0.3) is 0 Å². The molecular formula is C24H32N5O3+. The third-order valence-corrected chi connectivity index (χ3v) is 6.24. The van der Waals surface area contributed by atoms with E-state index in [1.54, 1.807) is 30.6 Å². The number of anilines is 2. The molecule has 8 heteroatoms. The number of quaternary nitrogens is 1. The van der Waals surface area contributed by atoms with Crippen LogP contribution in [0.15, 0.2) is 42.7 Å². The lowest BCUT2D eigenvalue weighted by Crippen LogP contribution is -3.19. The molecule has 1 aromatic heterocycles. The van der Waals surface area contributed by atoms with E-state index < -0.39 is 0 Å². The molecule has 1 N–H and O–H groups in total. The fourth-order valence-electron chi connectivity index (χ4n) is 4.43. The summed E-state index contributed by atoms with van der Waals surface area (Å²) >= 11 is 0. The zero-order valence-electron chi connectivity index (χ0n) is 18.7. The van der Waals surface area contributed by atoms with Gasteiger partial charge in [0, 0.05) is 12.4 Å². The number of carbonyl (C=O) groups is 2. The van der Waals surface area contributed by atoms with Crippen LogP contribution >= 0.6 is 0 Å². The van der Waals surface area contributed by atoms with E-state index in [9.17, 15) is 9.59 Å². The van der Waals surface area contributed by atoms with Gasteiger partial charge >= 0.3 is 0 Å². The van der Waals surface area contributed by atoms with Crippen molar-refractivity contribution in [2.24, 2.45) is 0 Å².